The summed E-state index contributed by atoms with van der Waals surface area (Å²) in [7, 11) is 0. The van der Waals surface area contributed by atoms with Gasteiger partial charge >= 0.3 is 0 Å². The Kier molecular flexibility index (Phi) is 6.42. The fourth-order valence-corrected chi connectivity index (χ4v) is 2.68. The molecule has 0 aliphatic heterocycles. The van der Waals surface area contributed by atoms with Gasteiger partial charge in [-0.1, -0.05) is 25.3 Å². The van der Waals surface area contributed by atoms with E-state index in [0.717, 1.165) is 31.8 Å². The second-order valence-corrected chi connectivity index (χ2v) is 5.02. The van der Waals surface area contributed by atoms with Gasteiger partial charge in [0.05, 0.1) is 6.61 Å². The van der Waals surface area contributed by atoms with Crippen LogP contribution in [0.15, 0.2) is 12.7 Å². The number of allylic oxidation sites excluding steroid dienone is 1. The van der Waals surface area contributed by atoms with Gasteiger partial charge in [-0.3, -0.25) is 0 Å². The lowest BCUT2D eigenvalue weighted by molar-refractivity contribution is 0.0337. The van der Waals surface area contributed by atoms with Crippen molar-refractivity contribution < 1.29 is 4.74 Å². The predicted molar refractivity (Wildman–Crippen MR) is 69.6 cm³/mol. The molecular formula is C13H24OS. The van der Waals surface area contributed by atoms with Gasteiger partial charge < -0.3 is 4.74 Å². The highest BCUT2D eigenvalue weighted by atomic mass is 32.1. The van der Waals surface area contributed by atoms with Crippen molar-refractivity contribution in [3.63, 3.8) is 0 Å². The SMILES string of the molecule is C=CCCCOCC1(CS)CCCCC1. The van der Waals surface area contributed by atoms with Crippen LogP contribution in [0.5, 0.6) is 0 Å². The van der Waals surface area contributed by atoms with Crippen LogP contribution in [0.25, 0.3) is 0 Å². The Balaban J connectivity index is 2.17. The van der Waals surface area contributed by atoms with Gasteiger partial charge in [-0.25, -0.2) is 0 Å². The van der Waals surface area contributed by atoms with Crippen LogP contribution >= 0.6 is 12.6 Å². The van der Waals surface area contributed by atoms with E-state index in [-0.39, 0.29) is 0 Å². The second kappa shape index (κ2) is 7.34. The van der Waals surface area contributed by atoms with Gasteiger partial charge in [0.1, 0.15) is 0 Å². The fourth-order valence-electron chi connectivity index (χ4n) is 2.27. The van der Waals surface area contributed by atoms with Crippen molar-refractivity contribution in [1.82, 2.24) is 0 Å². The molecule has 0 bridgehead atoms. The fraction of sp³-hybridized carbons (Fsp3) is 0.846. The van der Waals surface area contributed by atoms with Crippen molar-refractivity contribution in [2.45, 2.75) is 44.9 Å². The number of hydrogen-bond donors (Lipinski definition) is 1. The van der Waals surface area contributed by atoms with Gasteiger partial charge in [0, 0.05) is 12.0 Å². The van der Waals surface area contributed by atoms with E-state index >= 15 is 0 Å². The van der Waals surface area contributed by atoms with E-state index in [9.17, 15) is 0 Å². The van der Waals surface area contributed by atoms with Crippen LogP contribution in [0, 0.1) is 5.41 Å². The van der Waals surface area contributed by atoms with Crippen LogP contribution in [0.4, 0.5) is 0 Å². The normalized spacial score (nSPS) is 20.1. The van der Waals surface area contributed by atoms with Gasteiger partial charge in [-0.2, -0.15) is 12.6 Å². The number of thiol groups is 1. The Morgan fingerprint density at radius 3 is 2.60 bits per heavy atom. The third kappa shape index (κ3) is 4.60. The maximum Gasteiger partial charge on any atom is 0.0530 e. The van der Waals surface area contributed by atoms with Crippen LogP contribution in [0.1, 0.15) is 44.9 Å². The molecular weight excluding hydrogens is 204 g/mol. The molecule has 0 radical (unpaired) electrons. The molecule has 0 atom stereocenters. The van der Waals surface area contributed by atoms with Gasteiger partial charge in [0.2, 0.25) is 0 Å². The molecule has 1 fully saturated rings. The third-order valence-corrected chi connectivity index (χ3v) is 4.03. The quantitative estimate of drug-likeness (QED) is 0.395. The summed E-state index contributed by atoms with van der Waals surface area (Å²) in [5, 5.41) is 0. The van der Waals surface area contributed by atoms with Crippen molar-refractivity contribution >= 4 is 12.6 Å². The monoisotopic (exact) mass is 228 g/mol. The molecule has 15 heavy (non-hydrogen) atoms. The Hall–Kier alpha value is 0.0500. The second-order valence-electron chi connectivity index (χ2n) is 4.70. The Morgan fingerprint density at radius 1 is 1.27 bits per heavy atom. The minimum atomic E-state index is 0.384. The summed E-state index contributed by atoms with van der Waals surface area (Å²) in [5.41, 5.74) is 0.384. The summed E-state index contributed by atoms with van der Waals surface area (Å²) in [4.78, 5) is 0. The Labute approximate surface area is 99.7 Å². The Morgan fingerprint density at radius 2 is 2.00 bits per heavy atom. The van der Waals surface area contributed by atoms with Crippen LogP contribution in [-0.2, 0) is 4.74 Å². The molecule has 0 aromatic rings. The standard InChI is InChI=1S/C13H24OS/c1-2-3-7-10-14-11-13(12-15)8-5-4-6-9-13/h2,15H,1,3-12H2. The van der Waals surface area contributed by atoms with E-state index in [0.29, 0.717) is 5.41 Å². The highest BCUT2D eigenvalue weighted by Crippen LogP contribution is 2.37. The smallest absolute Gasteiger partial charge is 0.0530 e. The lowest BCUT2D eigenvalue weighted by atomic mass is 9.76. The first-order valence-corrected chi connectivity index (χ1v) is 6.76. The summed E-state index contributed by atoms with van der Waals surface area (Å²) in [5.74, 6) is 0.981. The molecule has 1 aliphatic rings. The summed E-state index contributed by atoms with van der Waals surface area (Å²) in [6.07, 6.45) is 10.8. The average molecular weight is 228 g/mol. The third-order valence-electron chi connectivity index (χ3n) is 3.35. The maximum absolute atomic E-state index is 5.77. The Bertz CT molecular complexity index is 173. The van der Waals surface area contributed by atoms with E-state index in [1.807, 2.05) is 6.08 Å². The highest BCUT2D eigenvalue weighted by molar-refractivity contribution is 7.80. The molecule has 0 spiro atoms. The molecule has 1 rings (SSSR count). The van der Waals surface area contributed by atoms with Crippen LogP contribution < -0.4 is 0 Å². The zero-order chi connectivity index (χ0) is 11.0. The largest absolute Gasteiger partial charge is 0.381 e. The molecule has 0 heterocycles. The van der Waals surface area contributed by atoms with Crippen molar-refractivity contribution in [2.75, 3.05) is 19.0 Å². The van der Waals surface area contributed by atoms with E-state index in [4.69, 9.17) is 4.74 Å². The van der Waals surface area contributed by atoms with Crippen molar-refractivity contribution in [3.05, 3.63) is 12.7 Å². The van der Waals surface area contributed by atoms with E-state index in [1.54, 1.807) is 0 Å². The maximum atomic E-state index is 5.77. The summed E-state index contributed by atoms with van der Waals surface area (Å²) < 4.78 is 5.77. The summed E-state index contributed by atoms with van der Waals surface area (Å²) >= 11 is 4.50. The number of ether oxygens (including phenoxy) is 1. The first-order chi connectivity index (χ1) is 7.33. The van der Waals surface area contributed by atoms with Gasteiger partial charge in [-0.05, 0) is 31.4 Å². The molecule has 1 nitrogen and oxygen atoms in total. The summed E-state index contributed by atoms with van der Waals surface area (Å²) in [6, 6.07) is 0. The predicted octanol–water partition coefficient (Wildman–Crippen LogP) is 3.85. The van der Waals surface area contributed by atoms with Crippen LogP contribution in [0.3, 0.4) is 0 Å². The first kappa shape index (κ1) is 13.1. The van der Waals surface area contributed by atoms with E-state index in [1.165, 1.54) is 32.1 Å². The van der Waals surface area contributed by atoms with Crippen molar-refractivity contribution in [2.24, 2.45) is 5.41 Å². The van der Waals surface area contributed by atoms with Gasteiger partial charge in [0.15, 0.2) is 0 Å². The molecule has 88 valence electrons. The summed E-state index contributed by atoms with van der Waals surface area (Å²) in [6.45, 7) is 5.50. The van der Waals surface area contributed by atoms with Gasteiger partial charge in [-0.15, -0.1) is 6.58 Å². The van der Waals surface area contributed by atoms with Crippen molar-refractivity contribution in [1.29, 1.82) is 0 Å². The molecule has 0 aromatic carbocycles. The topological polar surface area (TPSA) is 9.23 Å². The van der Waals surface area contributed by atoms with Gasteiger partial charge in [0.25, 0.3) is 0 Å². The number of unbranched alkanes of at least 4 members (excludes halogenated alkanes) is 1. The molecule has 0 saturated heterocycles. The zero-order valence-electron chi connectivity index (χ0n) is 9.71. The molecule has 1 saturated carbocycles. The molecule has 1 aliphatic carbocycles. The molecule has 0 unspecified atom stereocenters. The molecule has 2 heteroatoms. The van der Waals surface area contributed by atoms with Crippen molar-refractivity contribution in [3.8, 4) is 0 Å². The van der Waals surface area contributed by atoms with Crippen LogP contribution in [-0.4, -0.2) is 19.0 Å². The lowest BCUT2D eigenvalue weighted by Crippen LogP contribution is -2.31. The zero-order valence-corrected chi connectivity index (χ0v) is 10.6. The molecule has 0 aromatic heterocycles. The highest BCUT2D eigenvalue weighted by Gasteiger charge is 2.30. The minimum Gasteiger partial charge on any atom is -0.381 e. The lowest BCUT2D eigenvalue weighted by Gasteiger charge is -2.35. The number of rotatable bonds is 7. The first-order valence-electron chi connectivity index (χ1n) is 6.12. The van der Waals surface area contributed by atoms with E-state index < -0.39 is 0 Å². The molecule has 0 amide bonds. The van der Waals surface area contributed by atoms with Crippen LogP contribution in [0.2, 0.25) is 0 Å². The average Bonchev–Trinajstić information content (AvgIpc) is 2.30. The molecule has 0 N–H and O–H groups in total. The minimum absolute atomic E-state index is 0.384. The number of hydrogen-bond acceptors (Lipinski definition) is 2. The van der Waals surface area contributed by atoms with E-state index in [2.05, 4.69) is 19.2 Å².